The van der Waals surface area contributed by atoms with Crippen molar-refractivity contribution in [1.29, 1.82) is 0 Å². The summed E-state index contributed by atoms with van der Waals surface area (Å²) in [5.41, 5.74) is 0. The zero-order valence-electron chi connectivity index (χ0n) is 12.1. The van der Waals surface area contributed by atoms with Crippen LogP contribution < -0.4 is 10.1 Å². The minimum Gasteiger partial charge on any atom is -0.491 e. The van der Waals surface area contributed by atoms with E-state index in [0.29, 0.717) is 13.2 Å². The van der Waals surface area contributed by atoms with Crippen LogP contribution in [0.3, 0.4) is 0 Å². The van der Waals surface area contributed by atoms with E-state index < -0.39 is 6.04 Å². The van der Waals surface area contributed by atoms with E-state index in [1.54, 1.807) is 0 Å². The van der Waals surface area contributed by atoms with Crippen LogP contribution in [-0.4, -0.2) is 45.5 Å². The Morgan fingerprint density at radius 1 is 1.25 bits per heavy atom. The molecule has 20 heavy (non-hydrogen) atoms. The molecule has 0 aliphatic heterocycles. The molecule has 0 amide bonds. The summed E-state index contributed by atoms with van der Waals surface area (Å²) < 4.78 is 15.7. The van der Waals surface area contributed by atoms with Gasteiger partial charge in [0.15, 0.2) is 0 Å². The number of carbonyl (C=O) groups is 1. The molecular formula is C15H23NO4. The lowest BCUT2D eigenvalue weighted by Crippen LogP contribution is -2.42. The van der Waals surface area contributed by atoms with Crippen molar-refractivity contribution >= 4 is 5.97 Å². The van der Waals surface area contributed by atoms with E-state index in [2.05, 4.69) is 5.32 Å². The van der Waals surface area contributed by atoms with Crippen molar-refractivity contribution in [3.63, 3.8) is 0 Å². The normalized spacial score (nSPS) is 11.9. The molecule has 0 heterocycles. The lowest BCUT2D eigenvalue weighted by atomic mass is 10.3. The van der Waals surface area contributed by atoms with Crippen molar-refractivity contribution in [3.05, 3.63) is 30.3 Å². The number of benzene rings is 1. The number of methoxy groups -OCH3 is 1. The number of ether oxygens (including phenoxy) is 3. The summed E-state index contributed by atoms with van der Waals surface area (Å²) in [7, 11) is 1.38. The topological polar surface area (TPSA) is 56.8 Å². The van der Waals surface area contributed by atoms with Gasteiger partial charge in [0.05, 0.1) is 20.3 Å². The zero-order chi connectivity index (χ0) is 14.6. The third-order valence-electron chi connectivity index (χ3n) is 2.65. The Morgan fingerprint density at radius 3 is 2.65 bits per heavy atom. The molecule has 0 aromatic heterocycles. The molecule has 5 heteroatoms. The Morgan fingerprint density at radius 2 is 2.00 bits per heavy atom. The first-order chi connectivity index (χ1) is 9.77. The van der Waals surface area contributed by atoms with Gasteiger partial charge in [0, 0.05) is 0 Å². The van der Waals surface area contributed by atoms with E-state index >= 15 is 0 Å². The largest absolute Gasteiger partial charge is 0.491 e. The van der Waals surface area contributed by atoms with E-state index in [0.717, 1.165) is 18.7 Å². The molecule has 0 saturated carbocycles. The molecule has 1 rings (SSSR count). The molecular weight excluding hydrogens is 258 g/mol. The first kappa shape index (κ1) is 16.5. The molecule has 0 aliphatic carbocycles. The molecule has 0 spiro atoms. The summed E-state index contributed by atoms with van der Waals surface area (Å²) in [6.07, 6.45) is 0.949. The second kappa shape index (κ2) is 10.2. The summed E-state index contributed by atoms with van der Waals surface area (Å²) in [6.45, 7) is 3.95. The predicted octanol–water partition coefficient (Wildman–Crippen LogP) is 1.62. The van der Waals surface area contributed by atoms with Gasteiger partial charge in [0.2, 0.25) is 0 Å². The summed E-state index contributed by atoms with van der Waals surface area (Å²) >= 11 is 0. The van der Waals surface area contributed by atoms with E-state index in [1.165, 1.54) is 7.11 Å². The third kappa shape index (κ3) is 6.54. The maximum atomic E-state index is 11.5. The number of hydrogen-bond acceptors (Lipinski definition) is 5. The van der Waals surface area contributed by atoms with E-state index in [9.17, 15) is 4.79 Å². The van der Waals surface area contributed by atoms with Crippen LogP contribution in [0.25, 0.3) is 0 Å². The Labute approximate surface area is 120 Å². The van der Waals surface area contributed by atoms with Gasteiger partial charge in [-0.2, -0.15) is 0 Å². The molecule has 5 nitrogen and oxygen atoms in total. The van der Waals surface area contributed by atoms with E-state index in [4.69, 9.17) is 14.2 Å². The highest BCUT2D eigenvalue weighted by atomic mass is 16.5. The van der Waals surface area contributed by atoms with Crippen LogP contribution in [0.5, 0.6) is 5.75 Å². The van der Waals surface area contributed by atoms with Crippen molar-refractivity contribution in [2.45, 2.75) is 19.4 Å². The maximum Gasteiger partial charge on any atom is 0.325 e. The van der Waals surface area contributed by atoms with Crippen molar-refractivity contribution in [3.8, 4) is 5.75 Å². The highest BCUT2D eigenvalue weighted by molar-refractivity contribution is 5.75. The first-order valence-electron chi connectivity index (χ1n) is 6.84. The average molecular weight is 281 g/mol. The Bertz CT molecular complexity index is 369. The van der Waals surface area contributed by atoms with Gasteiger partial charge in [-0.15, -0.1) is 0 Å². The van der Waals surface area contributed by atoms with E-state index in [1.807, 2.05) is 37.3 Å². The Kier molecular flexibility index (Phi) is 8.42. The van der Waals surface area contributed by atoms with Crippen LogP contribution >= 0.6 is 0 Å². The van der Waals surface area contributed by atoms with Gasteiger partial charge in [-0.25, -0.2) is 0 Å². The fraction of sp³-hybridized carbons (Fsp3) is 0.533. The monoisotopic (exact) mass is 281 g/mol. The fourth-order valence-corrected chi connectivity index (χ4v) is 1.61. The molecule has 0 bridgehead atoms. The molecule has 112 valence electrons. The zero-order valence-corrected chi connectivity index (χ0v) is 12.1. The molecule has 1 aromatic rings. The number of para-hydroxylation sites is 1. The van der Waals surface area contributed by atoms with Crippen molar-refractivity contribution in [2.75, 3.05) is 33.5 Å². The van der Waals surface area contributed by atoms with Crippen molar-refractivity contribution in [2.24, 2.45) is 0 Å². The van der Waals surface area contributed by atoms with Crippen LogP contribution in [-0.2, 0) is 14.3 Å². The number of nitrogens with one attached hydrogen (secondary N) is 1. The van der Waals surface area contributed by atoms with Crippen LogP contribution in [0, 0.1) is 0 Å². The van der Waals surface area contributed by atoms with E-state index in [-0.39, 0.29) is 12.6 Å². The third-order valence-corrected chi connectivity index (χ3v) is 2.65. The van der Waals surface area contributed by atoms with Gasteiger partial charge >= 0.3 is 5.97 Å². The molecule has 1 N–H and O–H groups in total. The van der Waals surface area contributed by atoms with Gasteiger partial charge in [0.1, 0.15) is 18.4 Å². The quantitative estimate of drug-likeness (QED) is 0.522. The average Bonchev–Trinajstić information content (AvgIpc) is 2.50. The van der Waals surface area contributed by atoms with Crippen LogP contribution in [0.15, 0.2) is 30.3 Å². The molecule has 0 aliphatic rings. The molecule has 0 fully saturated rings. The molecule has 1 unspecified atom stereocenters. The summed E-state index contributed by atoms with van der Waals surface area (Å²) in [4.78, 5) is 11.5. The predicted molar refractivity (Wildman–Crippen MR) is 76.9 cm³/mol. The highest BCUT2D eigenvalue weighted by Gasteiger charge is 2.17. The number of carbonyl (C=O) groups excluding carboxylic acids is 1. The highest BCUT2D eigenvalue weighted by Crippen LogP contribution is 2.07. The minimum absolute atomic E-state index is 0.283. The number of hydrogen-bond donors (Lipinski definition) is 1. The standard InChI is InChI=1S/C15H23NO4/c1-3-9-16-14(15(17)18-2)12-19-10-11-20-13-7-5-4-6-8-13/h4-8,14,16H,3,9-12H2,1-2H3. The van der Waals surface area contributed by atoms with Gasteiger partial charge in [-0.05, 0) is 25.1 Å². The van der Waals surface area contributed by atoms with Gasteiger partial charge in [-0.1, -0.05) is 25.1 Å². The van der Waals surface area contributed by atoms with Gasteiger partial charge < -0.3 is 19.5 Å². The first-order valence-corrected chi connectivity index (χ1v) is 6.84. The Balaban J connectivity index is 2.18. The molecule has 0 saturated heterocycles. The maximum absolute atomic E-state index is 11.5. The molecule has 1 atom stereocenters. The van der Waals surface area contributed by atoms with Gasteiger partial charge in [-0.3, -0.25) is 4.79 Å². The van der Waals surface area contributed by atoms with Gasteiger partial charge in [0.25, 0.3) is 0 Å². The van der Waals surface area contributed by atoms with Crippen LogP contribution in [0.1, 0.15) is 13.3 Å². The number of esters is 1. The SMILES string of the molecule is CCCNC(COCCOc1ccccc1)C(=O)OC. The van der Waals surface area contributed by atoms with Crippen molar-refractivity contribution < 1.29 is 19.0 Å². The smallest absolute Gasteiger partial charge is 0.325 e. The van der Waals surface area contributed by atoms with Crippen LogP contribution in [0.2, 0.25) is 0 Å². The summed E-state index contributed by atoms with van der Waals surface area (Å²) in [5, 5.41) is 3.09. The summed E-state index contributed by atoms with van der Waals surface area (Å²) in [6, 6.07) is 9.12. The van der Waals surface area contributed by atoms with Crippen LogP contribution in [0.4, 0.5) is 0 Å². The lowest BCUT2D eigenvalue weighted by molar-refractivity contribution is -0.144. The van der Waals surface area contributed by atoms with Crippen molar-refractivity contribution in [1.82, 2.24) is 5.32 Å². The number of rotatable bonds is 10. The molecule has 0 radical (unpaired) electrons. The lowest BCUT2D eigenvalue weighted by Gasteiger charge is -2.16. The minimum atomic E-state index is -0.420. The molecule has 1 aromatic carbocycles. The second-order valence-corrected chi connectivity index (χ2v) is 4.27. The second-order valence-electron chi connectivity index (χ2n) is 4.27. The summed E-state index contributed by atoms with van der Waals surface area (Å²) in [5.74, 6) is 0.507. The Hall–Kier alpha value is -1.59. The fourth-order valence-electron chi connectivity index (χ4n) is 1.61.